The molecule has 0 aliphatic heterocycles. The van der Waals surface area contributed by atoms with Gasteiger partial charge in [-0.1, -0.05) is 0 Å². The Morgan fingerprint density at radius 3 is 2.83 bits per heavy atom. The van der Waals surface area contributed by atoms with Crippen molar-refractivity contribution in [1.29, 1.82) is 0 Å². The number of aromatic nitrogens is 2. The van der Waals surface area contributed by atoms with Gasteiger partial charge in [-0.25, -0.2) is 0 Å². The predicted molar refractivity (Wildman–Crippen MR) is 46.6 cm³/mol. The number of nitrogens with zero attached hydrogens (tertiary/aromatic N) is 2. The van der Waals surface area contributed by atoms with Gasteiger partial charge in [0.05, 0.1) is 0 Å². The van der Waals surface area contributed by atoms with Crippen molar-refractivity contribution < 1.29 is 4.79 Å². The molecule has 1 rings (SSSR count). The van der Waals surface area contributed by atoms with E-state index in [-0.39, 0.29) is 5.95 Å². The van der Waals surface area contributed by atoms with Crippen molar-refractivity contribution in [2.24, 2.45) is 5.73 Å². The van der Waals surface area contributed by atoms with Crippen molar-refractivity contribution in [1.82, 2.24) is 9.36 Å². The van der Waals surface area contributed by atoms with Gasteiger partial charge in [0.1, 0.15) is 6.04 Å². The van der Waals surface area contributed by atoms with Crippen LogP contribution in [0.25, 0.3) is 0 Å². The number of hydrogen-bond donors (Lipinski definition) is 3. The fourth-order valence-electron chi connectivity index (χ4n) is 0.550. The Labute approximate surface area is 73.1 Å². The van der Waals surface area contributed by atoms with Gasteiger partial charge >= 0.3 is 0 Å². The number of nitrogen functional groups attached to an aromatic ring is 1. The van der Waals surface area contributed by atoms with Crippen LogP contribution in [0, 0.1) is 0 Å². The highest BCUT2D eigenvalue weighted by Gasteiger charge is 2.10. The van der Waals surface area contributed by atoms with Gasteiger partial charge in [-0.2, -0.15) is 9.36 Å². The van der Waals surface area contributed by atoms with Gasteiger partial charge in [-0.3, -0.25) is 4.79 Å². The van der Waals surface area contributed by atoms with E-state index >= 15 is 0 Å². The molecular weight excluding hydrogens is 178 g/mol. The minimum Gasteiger partial charge on any atom is -0.368 e. The van der Waals surface area contributed by atoms with E-state index in [0.29, 0.717) is 5.13 Å². The molecule has 7 heteroatoms. The summed E-state index contributed by atoms with van der Waals surface area (Å²) in [5.74, 6) is -0.247. The van der Waals surface area contributed by atoms with E-state index in [1.54, 1.807) is 6.92 Å². The van der Waals surface area contributed by atoms with Gasteiger partial charge < -0.3 is 16.8 Å². The molecular formula is C5H9N5OS. The number of nitrogens with two attached hydrogens (primary N) is 2. The first-order chi connectivity index (χ1) is 5.59. The molecule has 0 aromatic carbocycles. The standard InChI is InChI=1S/C5H9N5OS/c1-2(3(6)11)8-5-9-4(7)10-12-5/h2H,1H3,(H2,6,11)(H3,7,8,9,10). The number of anilines is 2. The molecule has 6 nitrogen and oxygen atoms in total. The third-order valence-electron chi connectivity index (χ3n) is 1.21. The molecule has 1 atom stereocenters. The van der Waals surface area contributed by atoms with E-state index in [9.17, 15) is 4.79 Å². The van der Waals surface area contributed by atoms with Gasteiger partial charge in [0, 0.05) is 11.5 Å². The van der Waals surface area contributed by atoms with Crippen molar-refractivity contribution in [2.45, 2.75) is 13.0 Å². The zero-order chi connectivity index (χ0) is 9.14. The first-order valence-electron chi connectivity index (χ1n) is 3.24. The third-order valence-corrected chi connectivity index (χ3v) is 1.87. The van der Waals surface area contributed by atoms with Crippen LogP contribution >= 0.6 is 11.5 Å². The maximum Gasteiger partial charge on any atom is 0.239 e. The first-order valence-corrected chi connectivity index (χ1v) is 4.02. The Bertz CT molecular complexity index is 285. The summed E-state index contributed by atoms with van der Waals surface area (Å²) in [5.41, 5.74) is 10.3. The number of rotatable bonds is 3. The molecule has 0 aliphatic rings. The molecule has 0 bridgehead atoms. The second kappa shape index (κ2) is 3.35. The van der Waals surface area contributed by atoms with Crippen LogP contribution in [0.2, 0.25) is 0 Å². The molecule has 1 aromatic rings. The minimum absolute atomic E-state index is 0.194. The maximum absolute atomic E-state index is 10.6. The van der Waals surface area contributed by atoms with Crippen molar-refractivity contribution in [2.75, 3.05) is 11.1 Å². The molecule has 0 spiro atoms. The van der Waals surface area contributed by atoms with E-state index in [4.69, 9.17) is 11.5 Å². The average molecular weight is 187 g/mol. The van der Waals surface area contributed by atoms with Gasteiger partial charge in [-0.15, -0.1) is 0 Å². The van der Waals surface area contributed by atoms with Crippen LogP contribution in [0.3, 0.4) is 0 Å². The Hall–Kier alpha value is -1.37. The monoisotopic (exact) mass is 187 g/mol. The van der Waals surface area contributed by atoms with Gasteiger partial charge in [0.25, 0.3) is 0 Å². The van der Waals surface area contributed by atoms with E-state index in [1.165, 1.54) is 0 Å². The summed E-state index contributed by atoms with van der Waals surface area (Å²) in [6.07, 6.45) is 0. The van der Waals surface area contributed by atoms with Crippen molar-refractivity contribution in [3.63, 3.8) is 0 Å². The summed E-state index contributed by atoms with van der Waals surface area (Å²) in [6, 6.07) is -0.461. The zero-order valence-electron chi connectivity index (χ0n) is 6.44. The normalized spacial score (nSPS) is 12.4. The zero-order valence-corrected chi connectivity index (χ0v) is 7.26. The van der Waals surface area contributed by atoms with Crippen LogP contribution in [-0.2, 0) is 4.79 Å². The minimum atomic E-state index is -0.461. The van der Waals surface area contributed by atoms with E-state index in [2.05, 4.69) is 14.7 Å². The van der Waals surface area contributed by atoms with Crippen molar-refractivity contribution in [3.05, 3.63) is 0 Å². The Morgan fingerprint density at radius 2 is 2.42 bits per heavy atom. The van der Waals surface area contributed by atoms with Crippen LogP contribution in [0.15, 0.2) is 0 Å². The number of carbonyl (C=O) groups is 1. The van der Waals surface area contributed by atoms with E-state index in [0.717, 1.165) is 11.5 Å². The highest BCUT2D eigenvalue weighted by molar-refractivity contribution is 7.09. The first kappa shape index (κ1) is 8.72. The molecule has 1 aromatic heterocycles. The Balaban J connectivity index is 2.58. The number of primary amides is 1. The molecule has 0 aliphatic carbocycles. The fraction of sp³-hybridized carbons (Fsp3) is 0.400. The summed E-state index contributed by atoms with van der Waals surface area (Å²) in [6.45, 7) is 1.64. The Morgan fingerprint density at radius 1 is 1.75 bits per heavy atom. The van der Waals surface area contributed by atoms with Gasteiger partial charge in [0.2, 0.25) is 17.0 Å². The lowest BCUT2D eigenvalue weighted by molar-refractivity contribution is -0.118. The molecule has 12 heavy (non-hydrogen) atoms. The molecule has 0 saturated heterocycles. The van der Waals surface area contributed by atoms with E-state index in [1.807, 2.05) is 0 Å². The number of carbonyl (C=O) groups excluding carboxylic acids is 1. The number of hydrogen-bond acceptors (Lipinski definition) is 6. The van der Waals surface area contributed by atoms with Crippen molar-refractivity contribution in [3.8, 4) is 0 Å². The average Bonchev–Trinajstić information content (AvgIpc) is 2.35. The summed E-state index contributed by atoms with van der Waals surface area (Å²) >= 11 is 1.09. The lowest BCUT2D eigenvalue weighted by atomic mass is 10.3. The molecule has 5 N–H and O–H groups in total. The summed E-state index contributed by atoms with van der Waals surface area (Å²) < 4.78 is 3.72. The number of amides is 1. The number of nitrogens with one attached hydrogen (secondary N) is 1. The van der Waals surface area contributed by atoms with Gasteiger partial charge in [-0.05, 0) is 6.92 Å². The molecule has 1 amide bonds. The molecule has 66 valence electrons. The SMILES string of the molecule is CC(Nc1nc(N)ns1)C(N)=O. The highest BCUT2D eigenvalue weighted by atomic mass is 32.1. The van der Waals surface area contributed by atoms with Crippen molar-refractivity contribution >= 4 is 28.5 Å². The van der Waals surface area contributed by atoms with Crippen LogP contribution < -0.4 is 16.8 Å². The highest BCUT2D eigenvalue weighted by Crippen LogP contribution is 2.12. The topological polar surface area (TPSA) is 107 Å². The predicted octanol–water partition coefficient (Wildman–Crippen LogP) is -0.594. The summed E-state index contributed by atoms with van der Waals surface area (Å²) in [7, 11) is 0. The summed E-state index contributed by atoms with van der Waals surface area (Å²) in [5, 5.41) is 3.25. The summed E-state index contributed by atoms with van der Waals surface area (Å²) in [4.78, 5) is 14.4. The molecule has 0 radical (unpaired) electrons. The van der Waals surface area contributed by atoms with Crippen LogP contribution in [0.5, 0.6) is 0 Å². The third kappa shape index (κ3) is 2.06. The largest absolute Gasteiger partial charge is 0.368 e. The second-order valence-corrected chi connectivity index (χ2v) is 2.98. The van der Waals surface area contributed by atoms with Crippen LogP contribution in [0.4, 0.5) is 11.1 Å². The Kier molecular flexibility index (Phi) is 2.44. The maximum atomic E-state index is 10.6. The molecule has 1 unspecified atom stereocenters. The van der Waals surface area contributed by atoms with Gasteiger partial charge in [0.15, 0.2) is 0 Å². The van der Waals surface area contributed by atoms with E-state index < -0.39 is 11.9 Å². The lowest BCUT2D eigenvalue weighted by Crippen LogP contribution is -2.32. The second-order valence-electron chi connectivity index (χ2n) is 2.23. The van der Waals surface area contributed by atoms with Crippen LogP contribution in [0.1, 0.15) is 6.92 Å². The molecule has 0 saturated carbocycles. The smallest absolute Gasteiger partial charge is 0.239 e. The lowest BCUT2D eigenvalue weighted by Gasteiger charge is -2.06. The fourth-order valence-corrected chi connectivity index (χ4v) is 1.13. The quantitative estimate of drug-likeness (QED) is 0.586. The molecule has 1 heterocycles. The van der Waals surface area contributed by atoms with Crippen LogP contribution in [-0.4, -0.2) is 21.3 Å². The molecule has 0 fully saturated rings.